The maximum atomic E-state index is 13.2. The van der Waals surface area contributed by atoms with Gasteiger partial charge in [-0.1, -0.05) is 29.5 Å². The lowest BCUT2D eigenvalue weighted by molar-refractivity contribution is 0.627. The van der Waals surface area contributed by atoms with Crippen LogP contribution in [0, 0.1) is 5.82 Å². The third kappa shape index (κ3) is 2.24. The van der Waals surface area contributed by atoms with Gasteiger partial charge in [-0.2, -0.15) is 9.50 Å². The number of rotatable bonds is 2. The second-order valence-corrected chi connectivity index (χ2v) is 6.53. The summed E-state index contributed by atoms with van der Waals surface area (Å²) in [5.74, 6) is 0.219. The number of hydrogen-bond acceptors (Lipinski definition) is 5. The lowest BCUT2D eigenvalue weighted by Gasteiger charge is -1.90. The largest absolute Gasteiger partial charge is 0.291 e. The molecule has 3 aromatic heterocycles. The average Bonchev–Trinajstić information content (AvgIpc) is 3.18. The van der Waals surface area contributed by atoms with Crippen LogP contribution < -0.4 is 10.1 Å². The smallest absolute Gasteiger partial charge is 0.266 e. The lowest BCUT2D eigenvalue weighted by atomic mass is 10.2. The van der Waals surface area contributed by atoms with Crippen LogP contribution in [0.2, 0.25) is 0 Å². The lowest BCUT2D eigenvalue weighted by Crippen LogP contribution is -2.23. The van der Waals surface area contributed by atoms with E-state index in [1.165, 1.54) is 39.3 Å². The van der Waals surface area contributed by atoms with Crippen molar-refractivity contribution >= 4 is 33.7 Å². The van der Waals surface area contributed by atoms with Crippen LogP contribution in [0.4, 0.5) is 4.39 Å². The number of thiazole rings is 1. The molecule has 0 amide bonds. The Balaban J connectivity index is 1.86. The Morgan fingerprint density at radius 3 is 2.86 bits per heavy atom. The summed E-state index contributed by atoms with van der Waals surface area (Å²) in [7, 11) is 0. The van der Waals surface area contributed by atoms with Gasteiger partial charge in [0.2, 0.25) is 4.96 Å². The summed E-state index contributed by atoms with van der Waals surface area (Å²) in [6.45, 7) is 0. The predicted octanol–water partition coefficient (Wildman–Crippen LogP) is 2.57. The monoisotopic (exact) mass is 329 g/mol. The molecule has 0 N–H and O–H groups in total. The van der Waals surface area contributed by atoms with Gasteiger partial charge >= 0.3 is 0 Å². The number of aromatic nitrogens is 3. The number of hydrogen-bond donors (Lipinski definition) is 0. The number of thiophene rings is 1. The van der Waals surface area contributed by atoms with Gasteiger partial charge in [0, 0.05) is 0 Å². The first-order valence-corrected chi connectivity index (χ1v) is 8.11. The van der Waals surface area contributed by atoms with Crippen molar-refractivity contribution in [1.29, 1.82) is 0 Å². The van der Waals surface area contributed by atoms with E-state index in [0.29, 0.717) is 20.9 Å². The third-order valence-corrected chi connectivity index (χ3v) is 4.89. The summed E-state index contributed by atoms with van der Waals surface area (Å²) in [5.41, 5.74) is 0.402. The number of benzene rings is 1. The second-order valence-electron chi connectivity index (χ2n) is 4.58. The molecule has 0 bridgehead atoms. The Kier molecular flexibility index (Phi) is 3.09. The van der Waals surface area contributed by atoms with Gasteiger partial charge in [0.15, 0.2) is 5.82 Å². The van der Waals surface area contributed by atoms with E-state index in [0.717, 1.165) is 4.88 Å². The molecule has 108 valence electrons. The molecule has 0 saturated carbocycles. The molecule has 0 radical (unpaired) electrons. The van der Waals surface area contributed by atoms with Gasteiger partial charge in [0.25, 0.3) is 5.56 Å². The Morgan fingerprint density at radius 1 is 1.23 bits per heavy atom. The van der Waals surface area contributed by atoms with Crippen LogP contribution in [0.5, 0.6) is 0 Å². The highest BCUT2D eigenvalue weighted by atomic mass is 32.1. The van der Waals surface area contributed by atoms with E-state index in [9.17, 15) is 9.18 Å². The molecule has 0 aliphatic carbocycles. The van der Waals surface area contributed by atoms with Crippen LogP contribution in [0.15, 0.2) is 46.6 Å². The molecule has 0 aliphatic rings. The molecule has 0 atom stereocenters. The van der Waals surface area contributed by atoms with Crippen LogP contribution in [0.3, 0.4) is 0 Å². The van der Waals surface area contributed by atoms with Crippen molar-refractivity contribution in [3.63, 3.8) is 0 Å². The molecule has 1 aromatic carbocycles. The van der Waals surface area contributed by atoms with Gasteiger partial charge in [0.1, 0.15) is 5.82 Å². The van der Waals surface area contributed by atoms with Crippen LogP contribution in [0.25, 0.3) is 21.7 Å². The Bertz CT molecular complexity index is 1070. The van der Waals surface area contributed by atoms with E-state index >= 15 is 0 Å². The maximum Gasteiger partial charge on any atom is 0.291 e. The fourth-order valence-electron chi connectivity index (χ4n) is 2.09. The molecule has 4 rings (SSSR count). The standard InChI is InChI=1S/C15H8FN3OS2/c16-10-4-1-3-9(7-10)8-12-14(20)19-15(22-12)17-13(18-19)11-5-2-6-21-11/h1-8H. The Labute approximate surface area is 131 Å². The molecule has 4 nitrogen and oxygen atoms in total. The Morgan fingerprint density at radius 2 is 2.14 bits per heavy atom. The number of fused-ring (bicyclic) bond motifs is 1. The van der Waals surface area contributed by atoms with E-state index in [1.54, 1.807) is 18.2 Å². The van der Waals surface area contributed by atoms with Gasteiger partial charge < -0.3 is 0 Å². The van der Waals surface area contributed by atoms with Crippen molar-refractivity contribution in [2.45, 2.75) is 0 Å². The molecule has 22 heavy (non-hydrogen) atoms. The van der Waals surface area contributed by atoms with E-state index in [-0.39, 0.29) is 11.4 Å². The molecule has 0 saturated heterocycles. The molecular formula is C15H8FN3OS2. The summed E-state index contributed by atoms with van der Waals surface area (Å²) >= 11 is 2.77. The van der Waals surface area contributed by atoms with E-state index in [1.807, 2.05) is 17.5 Å². The van der Waals surface area contributed by atoms with Gasteiger partial charge in [0.05, 0.1) is 9.41 Å². The van der Waals surface area contributed by atoms with Gasteiger partial charge in [-0.25, -0.2) is 4.39 Å². The van der Waals surface area contributed by atoms with E-state index in [2.05, 4.69) is 10.1 Å². The Hall–Kier alpha value is -2.38. The molecular weight excluding hydrogens is 321 g/mol. The van der Waals surface area contributed by atoms with Crippen molar-refractivity contribution in [2.75, 3.05) is 0 Å². The minimum atomic E-state index is -0.333. The minimum absolute atomic E-state index is 0.237. The van der Waals surface area contributed by atoms with Crippen molar-refractivity contribution in [3.8, 4) is 10.7 Å². The zero-order chi connectivity index (χ0) is 15.1. The summed E-state index contributed by atoms with van der Waals surface area (Å²) in [4.78, 5) is 18.2. The van der Waals surface area contributed by atoms with Crippen LogP contribution in [0.1, 0.15) is 5.56 Å². The molecule has 3 heterocycles. The van der Waals surface area contributed by atoms with Crippen molar-refractivity contribution < 1.29 is 4.39 Å². The average molecular weight is 329 g/mol. The summed E-state index contributed by atoms with van der Waals surface area (Å²) < 4.78 is 15.0. The van der Waals surface area contributed by atoms with Crippen molar-refractivity contribution in [3.05, 3.63) is 68.0 Å². The highest BCUT2D eigenvalue weighted by Gasteiger charge is 2.12. The topological polar surface area (TPSA) is 47.3 Å². The molecule has 0 spiro atoms. The summed E-state index contributed by atoms with van der Waals surface area (Å²) in [5, 5.41) is 6.19. The van der Waals surface area contributed by atoms with E-state index < -0.39 is 0 Å². The molecule has 0 unspecified atom stereocenters. The first kappa shape index (κ1) is 13.3. The van der Waals surface area contributed by atoms with Crippen LogP contribution in [-0.4, -0.2) is 14.6 Å². The van der Waals surface area contributed by atoms with Gasteiger partial charge in [-0.3, -0.25) is 4.79 Å². The normalized spacial score (nSPS) is 12.3. The zero-order valence-corrected chi connectivity index (χ0v) is 12.7. The van der Waals surface area contributed by atoms with Crippen molar-refractivity contribution in [2.24, 2.45) is 0 Å². The van der Waals surface area contributed by atoms with Gasteiger partial charge in [-0.05, 0) is 35.2 Å². The second kappa shape index (κ2) is 5.11. The first-order valence-electron chi connectivity index (χ1n) is 6.41. The molecule has 4 aromatic rings. The van der Waals surface area contributed by atoms with Gasteiger partial charge in [-0.15, -0.1) is 16.4 Å². The third-order valence-electron chi connectivity index (χ3n) is 3.07. The zero-order valence-electron chi connectivity index (χ0n) is 11.1. The quantitative estimate of drug-likeness (QED) is 0.568. The van der Waals surface area contributed by atoms with Crippen LogP contribution in [-0.2, 0) is 0 Å². The fraction of sp³-hybridized carbons (Fsp3) is 0. The fourth-order valence-corrected chi connectivity index (χ4v) is 3.65. The molecule has 0 aliphatic heterocycles. The molecule has 0 fully saturated rings. The van der Waals surface area contributed by atoms with Crippen molar-refractivity contribution in [1.82, 2.24) is 14.6 Å². The summed E-state index contributed by atoms with van der Waals surface area (Å²) in [6.07, 6.45) is 1.65. The van der Waals surface area contributed by atoms with E-state index in [4.69, 9.17) is 0 Å². The number of halogens is 1. The highest BCUT2D eigenvalue weighted by Crippen LogP contribution is 2.21. The minimum Gasteiger partial charge on any atom is -0.266 e. The maximum absolute atomic E-state index is 13.2. The molecule has 7 heteroatoms. The number of nitrogens with zero attached hydrogens (tertiary/aromatic N) is 3. The SMILES string of the molecule is O=c1c(=Cc2cccc(F)c2)sc2nc(-c3cccs3)nn12. The van der Waals surface area contributed by atoms with Crippen LogP contribution >= 0.6 is 22.7 Å². The predicted molar refractivity (Wildman–Crippen MR) is 85.6 cm³/mol. The first-order chi connectivity index (χ1) is 10.7. The highest BCUT2D eigenvalue weighted by molar-refractivity contribution is 7.15. The summed E-state index contributed by atoms with van der Waals surface area (Å²) in [6, 6.07) is 9.93.